The van der Waals surface area contributed by atoms with Gasteiger partial charge in [0, 0.05) is 0 Å². The number of alkyl carbamates (subject to hydrolysis) is 1. The molecule has 20 heavy (non-hydrogen) atoms. The summed E-state index contributed by atoms with van der Waals surface area (Å²) in [6, 6.07) is 0. The van der Waals surface area contributed by atoms with Crippen LogP contribution in [0.25, 0.3) is 0 Å². The molecule has 1 N–H and O–H groups in total. The van der Waals surface area contributed by atoms with E-state index in [2.05, 4.69) is 5.32 Å². The monoisotopic (exact) mass is 309 g/mol. The molecule has 120 valence electrons. The van der Waals surface area contributed by atoms with Crippen LogP contribution in [-0.2, 0) is 18.3 Å². The Hall–Kier alpha value is -0.580. The Morgan fingerprint density at radius 3 is 2.00 bits per heavy atom. The van der Waals surface area contributed by atoms with Gasteiger partial charge < -0.3 is 19.1 Å². The molecule has 0 heterocycles. The Bertz CT molecular complexity index is 330. The molecule has 1 atom stereocenters. The molecule has 1 unspecified atom stereocenters. The third-order valence-electron chi connectivity index (χ3n) is 2.25. The third-order valence-corrected chi connectivity index (χ3v) is 4.63. The topological polar surface area (TPSA) is 73.9 Å². The lowest BCUT2D eigenvalue weighted by molar-refractivity contribution is 0.0507. The van der Waals surface area contributed by atoms with Gasteiger partial charge in [0.1, 0.15) is 11.4 Å². The van der Waals surface area contributed by atoms with Crippen LogP contribution in [0.4, 0.5) is 4.79 Å². The molecule has 0 saturated carbocycles. The van der Waals surface area contributed by atoms with Crippen molar-refractivity contribution in [1.29, 1.82) is 0 Å². The summed E-state index contributed by atoms with van der Waals surface area (Å²) in [5, 5.41) is 2.61. The van der Waals surface area contributed by atoms with E-state index in [0.717, 1.165) is 6.42 Å². The Morgan fingerprint density at radius 1 is 1.15 bits per heavy atom. The Balaban J connectivity index is 4.92. The van der Waals surface area contributed by atoms with Crippen LogP contribution < -0.4 is 5.32 Å². The molecule has 7 heteroatoms. The zero-order valence-corrected chi connectivity index (χ0v) is 14.3. The number of nitrogens with one attached hydrogen (secondary N) is 1. The van der Waals surface area contributed by atoms with Gasteiger partial charge in [-0.3, -0.25) is 4.57 Å². The first kappa shape index (κ1) is 19.4. The van der Waals surface area contributed by atoms with Gasteiger partial charge in [-0.25, -0.2) is 4.79 Å². The van der Waals surface area contributed by atoms with Crippen LogP contribution >= 0.6 is 7.60 Å². The van der Waals surface area contributed by atoms with Crippen LogP contribution in [0.5, 0.6) is 0 Å². The van der Waals surface area contributed by atoms with E-state index in [1.165, 1.54) is 0 Å². The second-order valence-electron chi connectivity index (χ2n) is 5.33. The average molecular weight is 309 g/mol. The molecular formula is C13H28NO5P. The molecule has 0 aromatic heterocycles. The lowest BCUT2D eigenvalue weighted by Gasteiger charge is -2.28. The first-order valence-electron chi connectivity index (χ1n) is 7.06. The van der Waals surface area contributed by atoms with E-state index in [-0.39, 0.29) is 13.2 Å². The minimum atomic E-state index is -3.38. The Kier molecular flexibility index (Phi) is 8.40. The molecule has 6 nitrogen and oxygen atoms in total. The minimum Gasteiger partial charge on any atom is -0.444 e. The van der Waals surface area contributed by atoms with Crippen molar-refractivity contribution in [3.05, 3.63) is 0 Å². The highest BCUT2D eigenvalue weighted by atomic mass is 31.2. The van der Waals surface area contributed by atoms with Gasteiger partial charge in [0.2, 0.25) is 0 Å². The van der Waals surface area contributed by atoms with Crippen molar-refractivity contribution in [2.45, 2.75) is 65.8 Å². The van der Waals surface area contributed by atoms with Crippen LogP contribution in [0.3, 0.4) is 0 Å². The number of hydrogen-bond acceptors (Lipinski definition) is 5. The quantitative estimate of drug-likeness (QED) is 0.688. The maximum absolute atomic E-state index is 12.7. The van der Waals surface area contributed by atoms with Gasteiger partial charge in [-0.05, 0) is 41.0 Å². The normalized spacial score (nSPS) is 13.9. The molecule has 0 aliphatic carbocycles. The lowest BCUT2D eigenvalue weighted by Crippen LogP contribution is -2.39. The van der Waals surface area contributed by atoms with E-state index in [1.54, 1.807) is 34.6 Å². The maximum Gasteiger partial charge on any atom is 0.408 e. The van der Waals surface area contributed by atoms with Crippen LogP contribution in [0.1, 0.15) is 54.4 Å². The number of rotatable bonds is 8. The summed E-state index contributed by atoms with van der Waals surface area (Å²) in [5.74, 6) is -0.692. The van der Waals surface area contributed by atoms with Crippen molar-refractivity contribution in [1.82, 2.24) is 5.32 Å². The highest BCUT2D eigenvalue weighted by Gasteiger charge is 2.37. The van der Waals surface area contributed by atoms with E-state index in [0.29, 0.717) is 6.42 Å². The molecule has 0 aromatic rings. The van der Waals surface area contributed by atoms with Crippen LogP contribution in [0.15, 0.2) is 0 Å². The van der Waals surface area contributed by atoms with Gasteiger partial charge in [0.15, 0.2) is 0 Å². The van der Waals surface area contributed by atoms with Crippen molar-refractivity contribution >= 4 is 13.7 Å². The summed E-state index contributed by atoms with van der Waals surface area (Å²) in [6.45, 7) is 11.2. The van der Waals surface area contributed by atoms with Gasteiger partial charge in [-0.15, -0.1) is 0 Å². The number of hydrogen-bond donors (Lipinski definition) is 1. The van der Waals surface area contributed by atoms with E-state index >= 15 is 0 Å². The number of amides is 1. The van der Waals surface area contributed by atoms with Crippen molar-refractivity contribution in [2.24, 2.45) is 0 Å². The molecule has 0 rings (SSSR count). The largest absolute Gasteiger partial charge is 0.444 e. The highest BCUT2D eigenvalue weighted by molar-refractivity contribution is 7.54. The fourth-order valence-electron chi connectivity index (χ4n) is 1.60. The van der Waals surface area contributed by atoms with E-state index in [4.69, 9.17) is 13.8 Å². The van der Waals surface area contributed by atoms with Gasteiger partial charge in [0.05, 0.1) is 13.2 Å². The fraction of sp³-hybridized carbons (Fsp3) is 0.923. The lowest BCUT2D eigenvalue weighted by atomic mass is 10.2. The summed E-state index contributed by atoms with van der Waals surface area (Å²) < 4.78 is 28.4. The molecule has 0 aliphatic rings. The Labute approximate surface area is 122 Å². The molecule has 0 fully saturated rings. The van der Waals surface area contributed by atoms with E-state index < -0.39 is 25.1 Å². The molecule has 0 spiro atoms. The summed E-state index contributed by atoms with van der Waals surface area (Å²) in [6.07, 6.45) is 0.622. The summed E-state index contributed by atoms with van der Waals surface area (Å²) in [5.41, 5.74) is -0.609. The first-order valence-corrected chi connectivity index (χ1v) is 8.68. The molecular weight excluding hydrogens is 281 g/mol. The highest BCUT2D eigenvalue weighted by Crippen LogP contribution is 2.53. The van der Waals surface area contributed by atoms with Crippen molar-refractivity contribution in [3.63, 3.8) is 0 Å². The number of carbonyl (C=O) groups is 1. The summed E-state index contributed by atoms with van der Waals surface area (Å²) in [4.78, 5) is 11.8. The smallest absolute Gasteiger partial charge is 0.408 e. The average Bonchev–Trinajstić information content (AvgIpc) is 2.26. The van der Waals surface area contributed by atoms with Crippen molar-refractivity contribution in [3.8, 4) is 0 Å². The number of ether oxygens (including phenoxy) is 1. The second kappa shape index (κ2) is 8.65. The zero-order valence-electron chi connectivity index (χ0n) is 13.4. The first-order chi connectivity index (χ1) is 9.18. The fourth-order valence-corrected chi connectivity index (χ4v) is 3.60. The van der Waals surface area contributed by atoms with Crippen molar-refractivity contribution in [2.75, 3.05) is 13.2 Å². The van der Waals surface area contributed by atoms with E-state index in [9.17, 15) is 9.36 Å². The second-order valence-corrected chi connectivity index (χ2v) is 7.55. The third kappa shape index (κ3) is 7.27. The molecule has 0 aromatic carbocycles. The zero-order chi connectivity index (χ0) is 15.8. The van der Waals surface area contributed by atoms with Gasteiger partial charge in [-0.1, -0.05) is 13.3 Å². The van der Waals surface area contributed by atoms with Gasteiger partial charge in [-0.2, -0.15) is 0 Å². The molecule has 0 aliphatic heterocycles. The number of carbonyl (C=O) groups excluding carboxylic acids is 1. The standard InChI is InChI=1S/C13H28NO5P/c1-7-10-11(14-12(15)19-13(4,5)6)20(16,17-8-2)18-9-3/h11H,7-10H2,1-6H3,(H,14,15). The summed E-state index contributed by atoms with van der Waals surface area (Å²) in [7, 11) is -3.38. The van der Waals surface area contributed by atoms with Crippen LogP contribution in [0, 0.1) is 0 Å². The van der Waals surface area contributed by atoms with Crippen molar-refractivity contribution < 1.29 is 23.1 Å². The summed E-state index contributed by atoms with van der Waals surface area (Å²) >= 11 is 0. The molecule has 1 amide bonds. The van der Waals surface area contributed by atoms with Crippen LogP contribution in [0.2, 0.25) is 0 Å². The molecule has 0 bridgehead atoms. The molecule has 0 saturated heterocycles. The predicted octanol–water partition coefficient (Wildman–Crippen LogP) is 3.90. The SMILES string of the molecule is CCCC(NC(=O)OC(C)(C)C)P(=O)(OCC)OCC. The Morgan fingerprint density at radius 2 is 1.65 bits per heavy atom. The van der Waals surface area contributed by atoms with Gasteiger partial charge >= 0.3 is 13.7 Å². The maximum atomic E-state index is 12.7. The minimum absolute atomic E-state index is 0.257. The van der Waals surface area contributed by atoms with E-state index in [1.807, 2.05) is 6.92 Å². The predicted molar refractivity (Wildman–Crippen MR) is 78.9 cm³/mol. The van der Waals surface area contributed by atoms with Gasteiger partial charge in [0.25, 0.3) is 0 Å². The van der Waals surface area contributed by atoms with Crippen LogP contribution in [-0.4, -0.2) is 30.7 Å². The molecule has 0 radical (unpaired) electrons.